The summed E-state index contributed by atoms with van der Waals surface area (Å²) in [5.74, 6) is 0.116. The summed E-state index contributed by atoms with van der Waals surface area (Å²) in [6.07, 6.45) is 5.63. The second kappa shape index (κ2) is 9.01. The fourth-order valence-corrected chi connectivity index (χ4v) is 5.30. The highest BCUT2D eigenvalue weighted by Gasteiger charge is 2.49. The fourth-order valence-electron chi connectivity index (χ4n) is 5.30. The van der Waals surface area contributed by atoms with E-state index in [0.29, 0.717) is 19.7 Å². The Morgan fingerprint density at radius 1 is 1.35 bits per heavy atom. The Morgan fingerprint density at radius 2 is 2.16 bits per heavy atom. The SMILES string of the molecule is CCN(CCC1(C)CC[C@@H]([C@H]2c3ccccc3-c3cncn32)[C@H]1O)C(=O)OCCOC. The Morgan fingerprint density at radius 3 is 2.94 bits per heavy atom. The second-order valence-electron chi connectivity index (χ2n) is 8.96. The lowest BCUT2D eigenvalue weighted by atomic mass is 9.79. The number of benzene rings is 1. The average Bonchev–Trinajstić information content (AvgIpc) is 3.43. The molecular formula is C24H33N3O4. The summed E-state index contributed by atoms with van der Waals surface area (Å²) < 4.78 is 12.4. The van der Waals surface area contributed by atoms with Gasteiger partial charge in [0.25, 0.3) is 0 Å². The van der Waals surface area contributed by atoms with Gasteiger partial charge in [-0.3, -0.25) is 0 Å². The van der Waals surface area contributed by atoms with E-state index in [1.165, 1.54) is 11.1 Å². The van der Waals surface area contributed by atoms with Gasteiger partial charge in [0.05, 0.1) is 37.0 Å². The second-order valence-corrected chi connectivity index (χ2v) is 8.96. The molecule has 0 radical (unpaired) electrons. The Bertz CT molecular complexity index is 914. The monoisotopic (exact) mass is 427 g/mol. The molecule has 1 N–H and O–H groups in total. The predicted octanol–water partition coefficient (Wildman–Crippen LogP) is 3.73. The topological polar surface area (TPSA) is 76.8 Å². The molecule has 0 bridgehead atoms. The first kappa shape index (κ1) is 21.8. The minimum Gasteiger partial charge on any atom is -0.447 e. The van der Waals surface area contributed by atoms with Gasteiger partial charge in [-0.2, -0.15) is 0 Å². The number of hydrogen-bond acceptors (Lipinski definition) is 5. The molecule has 1 aromatic carbocycles. The molecule has 1 aliphatic heterocycles. The first-order valence-electron chi connectivity index (χ1n) is 11.2. The van der Waals surface area contributed by atoms with Crippen molar-refractivity contribution in [1.29, 1.82) is 0 Å². The average molecular weight is 428 g/mol. The number of aliphatic hydroxyl groups excluding tert-OH is 1. The van der Waals surface area contributed by atoms with Crippen LogP contribution in [0.5, 0.6) is 0 Å². The smallest absolute Gasteiger partial charge is 0.409 e. The number of rotatable bonds is 8. The van der Waals surface area contributed by atoms with Crippen molar-refractivity contribution < 1.29 is 19.4 Å². The number of nitrogens with zero attached hydrogens (tertiary/aromatic N) is 3. The van der Waals surface area contributed by atoms with E-state index in [-0.39, 0.29) is 30.1 Å². The highest BCUT2D eigenvalue weighted by atomic mass is 16.6. The zero-order chi connectivity index (χ0) is 22.0. The van der Waals surface area contributed by atoms with Crippen molar-refractivity contribution in [2.45, 2.75) is 45.3 Å². The summed E-state index contributed by atoms with van der Waals surface area (Å²) in [7, 11) is 1.58. The third-order valence-corrected chi connectivity index (χ3v) is 7.20. The van der Waals surface area contributed by atoms with Gasteiger partial charge >= 0.3 is 6.09 Å². The number of carbonyl (C=O) groups excluding carboxylic acids is 1. The van der Waals surface area contributed by atoms with E-state index < -0.39 is 6.10 Å². The van der Waals surface area contributed by atoms with Crippen LogP contribution < -0.4 is 0 Å². The zero-order valence-corrected chi connectivity index (χ0v) is 18.7. The third-order valence-electron chi connectivity index (χ3n) is 7.20. The largest absolute Gasteiger partial charge is 0.447 e. The van der Waals surface area contributed by atoms with Crippen molar-refractivity contribution >= 4 is 6.09 Å². The Kier molecular flexibility index (Phi) is 6.34. The molecule has 31 heavy (non-hydrogen) atoms. The molecule has 0 spiro atoms. The zero-order valence-electron chi connectivity index (χ0n) is 18.7. The molecule has 2 heterocycles. The fraction of sp³-hybridized carbons (Fsp3) is 0.583. The minimum atomic E-state index is -0.456. The molecule has 1 amide bonds. The standard InChI is InChI=1S/C24H33N3O4/c1-4-26(23(29)31-14-13-30-3)12-11-24(2)10-9-19(22(24)28)21-18-8-6-5-7-17(18)20-15-25-16-27(20)21/h5-8,15-16,19,21-22,28H,4,9-14H2,1-3H3/t19-,21+,22+,24?/m0/s1. The Labute approximate surface area is 184 Å². The van der Waals surface area contributed by atoms with Gasteiger partial charge in [-0.05, 0) is 37.2 Å². The van der Waals surface area contributed by atoms with E-state index in [1.807, 2.05) is 19.4 Å². The first-order valence-corrected chi connectivity index (χ1v) is 11.2. The molecule has 1 unspecified atom stereocenters. The van der Waals surface area contributed by atoms with E-state index in [9.17, 15) is 9.90 Å². The summed E-state index contributed by atoms with van der Waals surface area (Å²) in [6.45, 7) is 5.89. The number of hydrogen-bond donors (Lipinski definition) is 1. The van der Waals surface area contributed by atoms with E-state index in [4.69, 9.17) is 9.47 Å². The van der Waals surface area contributed by atoms with Crippen LogP contribution in [0.1, 0.15) is 44.7 Å². The molecule has 1 aromatic heterocycles. The maximum atomic E-state index is 12.3. The molecular weight excluding hydrogens is 394 g/mol. The van der Waals surface area contributed by atoms with Crippen LogP contribution in [-0.2, 0) is 9.47 Å². The third kappa shape index (κ3) is 3.96. The highest BCUT2D eigenvalue weighted by Crippen LogP contribution is 2.53. The molecule has 2 aliphatic rings. The van der Waals surface area contributed by atoms with Gasteiger partial charge in [0, 0.05) is 31.7 Å². The minimum absolute atomic E-state index is 0.104. The molecule has 7 nitrogen and oxygen atoms in total. The van der Waals surface area contributed by atoms with Gasteiger partial charge in [-0.25, -0.2) is 9.78 Å². The van der Waals surface area contributed by atoms with Crippen LogP contribution in [0.25, 0.3) is 11.3 Å². The number of methoxy groups -OCH3 is 1. The van der Waals surface area contributed by atoms with Gasteiger partial charge in [0.1, 0.15) is 6.61 Å². The van der Waals surface area contributed by atoms with Crippen LogP contribution >= 0.6 is 0 Å². The van der Waals surface area contributed by atoms with Gasteiger partial charge in [0.15, 0.2) is 0 Å². The molecule has 0 saturated heterocycles. The van der Waals surface area contributed by atoms with Gasteiger partial charge in [-0.15, -0.1) is 0 Å². The van der Waals surface area contributed by atoms with Crippen LogP contribution in [0, 0.1) is 11.3 Å². The van der Waals surface area contributed by atoms with Crippen LogP contribution in [0.2, 0.25) is 0 Å². The van der Waals surface area contributed by atoms with E-state index in [1.54, 1.807) is 12.0 Å². The number of ether oxygens (including phenoxy) is 2. The molecule has 1 saturated carbocycles. The summed E-state index contributed by atoms with van der Waals surface area (Å²) in [5.41, 5.74) is 3.35. The first-order chi connectivity index (χ1) is 15.0. The van der Waals surface area contributed by atoms with Gasteiger partial charge < -0.3 is 24.0 Å². The molecule has 2 aromatic rings. The number of aromatic nitrogens is 2. The Balaban J connectivity index is 1.45. The van der Waals surface area contributed by atoms with Crippen LogP contribution in [0.4, 0.5) is 4.79 Å². The summed E-state index contributed by atoms with van der Waals surface area (Å²) in [6, 6.07) is 8.54. The summed E-state index contributed by atoms with van der Waals surface area (Å²) in [4.78, 5) is 18.4. The molecule has 1 aliphatic carbocycles. The van der Waals surface area contributed by atoms with Crippen molar-refractivity contribution in [3.63, 3.8) is 0 Å². The molecule has 168 valence electrons. The lowest BCUT2D eigenvalue weighted by molar-refractivity contribution is 0.0121. The van der Waals surface area contributed by atoms with Gasteiger partial charge in [-0.1, -0.05) is 31.2 Å². The van der Waals surface area contributed by atoms with E-state index in [0.717, 1.165) is 25.0 Å². The number of amides is 1. The van der Waals surface area contributed by atoms with Crippen LogP contribution in [0.15, 0.2) is 36.8 Å². The Hall–Kier alpha value is -2.38. The number of imidazole rings is 1. The number of carbonyl (C=O) groups is 1. The number of aliphatic hydroxyl groups is 1. The van der Waals surface area contributed by atoms with Crippen molar-refractivity contribution in [3.8, 4) is 11.3 Å². The molecule has 4 atom stereocenters. The highest BCUT2D eigenvalue weighted by molar-refractivity contribution is 5.69. The van der Waals surface area contributed by atoms with Crippen LogP contribution in [0.3, 0.4) is 0 Å². The van der Waals surface area contributed by atoms with Crippen molar-refractivity contribution in [2.75, 3.05) is 33.4 Å². The summed E-state index contributed by atoms with van der Waals surface area (Å²) in [5, 5.41) is 11.5. The quantitative estimate of drug-likeness (QED) is 0.650. The maximum absolute atomic E-state index is 12.3. The molecule has 4 rings (SSSR count). The van der Waals surface area contributed by atoms with Crippen molar-refractivity contribution in [1.82, 2.24) is 14.5 Å². The van der Waals surface area contributed by atoms with Crippen LogP contribution in [-0.4, -0.2) is 65.2 Å². The molecule has 1 fully saturated rings. The lowest BCUT2D eigenvalue weighted by Crippen LogP contribution is -2.39. The lowest BCUT2D eigenvalue weighted by Gasteiger charge is -2.34. The molecule has 7 heteroatoms. The predicted molar refractivity (Wildman–Crippen MR) is 118 cm³/mol. The number of fused-ring (bicyclic) bond motifs is 3. The van der Waals surface area contributed by atoms with Crippen molar-refractivity contribution in [3.05, 3.63) is 42.4 Å². The van der Waals surface area contributed by atoms with Gasteiger partial charge in [0.2, 0.25) is 0 Å². The van der Waals surface area contributed by atoms with E-state index >= 15 is 0 Å². The summed E-state index contributed by atoms with van der Waals surface area (Å²) >= 11 is 0. The van der Waals surface area contributed by atoms with Crippen molar-refractivity contribution in [2.24, 2.45) is 11.3 Å². The van der Waals surface area contributed by atoms with E-state index in [2.05, 4.69) is 40.7 Å². The maximum Gasteiger partial charge on any atom is 0.409 e. The normalized spacial score (nSPS) is 26.5.